The fraction of sp³-hybridized carbons (Fsp3) is 0.455. The van der Waals surface area contributed by atoms with Crippen LogP contribution in [-0.4, -0.2) is 42.0 Å². The smallest absolute Gasteiger partial charge is 0.411 e. The molecule has 9 heteroatoms. The van der Waals surface area contributed by atoms with Crippen LogP contribution in [0.5, 0.6) is 0 Å². The molecule has 0 fully saturated rings. The van der Waals surface area contributed by atoms with Gasteiger partial charge in [0.05, 0.1) is 32.0 Å². The van der Waals surface area contributed by atoms with Gasteiger partial charge in [-0.1, -0.05) is 18.9 Å². The van der Waals surface area contributed by atoms with Gasteiger partial charge in [0.2, 0.25) is 0 Å². The lowest BCUT2D eigenvalue weighted by molar-refractivity contribution is -0.143. The number of methoxy groups -OCH3 is 1. The Kier molecular flexibility index (Phi) is 7.77. The Morgan fingerprint density at radius 3 is 2.84 bits per heavy atom. The van der Waals surface area contributed by atoms with Gasteiger partial charge in [0.25, 0.3) is 0 Å². The second kappa shape index (κ2) is 10.7. The number of benzene rings is 1. The number of amides is 1. The molecule has 3 rings (SSSR count). The van der Waals surface area contributed by atoms with Gasteiger partial charge in [-0.25, -0.2) is 4.79 Å². The number of fused-ring (bicyclic) bond motifs is 4. The number of nitrogens with zero attached hydrogens (tertiary/aromatic N) is 2. The largest absolute Gasteiger partial charge is 0.466 e. The number of carbonyl (C=O) groups is 2. The molecule has 2 atom stereocenters. The van der Waals surface area contributed by atoms with Gasteiger partial charge in [-0.05, 0) is 38.0 Å². The molecule has 4 N–H and O–H groups in total. The highest BCUT2D eigenvalue weighted by Crippen LogP contribution is 2.33. The summed E-state index contributed by atoms with van der Waals surface area (Å²) >= 11 is 0. The van der Waals surface area contributed by atoms with E-state index >= 15 is 0 Å². The van der Waals surface area contributed by atoms with Gasteiger partial charge < -0.3 is 20.5 Å². The first-order chi connectivity index (χ1) is 15.0. The Bertz CT molecular complexity index is 921. The van der Waals surface area contributed by atoms with Crippen LogP contribution >= 0.6 is 0 Å². The zero-order valence-corrected chi connectivity index (χ0v) is 17.9. The van der Waals surface area contributed by atoms with Crippen molar-refractivity contribution in [2.45, 2.75) is 51.1 Å². The predicted molar refractivity (Wildman–Crippen MR) is 118 cm³/mol. The molecule has 2 bridgehead atoms. The Hall–Kier alpha value is -3.20. The molecule has 1 aliphatic heterocycles. The van der Waals surface area contributed by atoms with Crippen molar-refractivity contribution in [3.05, 3.63) is 36.2 Å². The highest BCUT2D eigenvalue weighted by Gasteiger charge is 2.20. The van der Waals surface area contributed by atoms with Gasteiger partial charge in [0, 0.05) is 34.6 Å². The van der Waals surface area contributed by atoms with E-state index in [-0.39, 0.29) is 24.5 Å². The number of anilines is 2. The second-order valence-corrected chi connectivity index (χ2v) is 7.49. The van der Waals surface area contributed by atoms with Crippen LogP contribution in [0, 0.1) is 0 Å². The molecule has 0 radical (unpaired) electrons. The lowest BCUT2D eigenvalue weighted by Crippen LogP contribution is -2.25. The Morgan fingerprint density at radius 1 is 1.26 bits per heavy atom. The minimum absolute atomic E-state index is 0.129. The third-order valence-electron chi connectivity index (χ3n) is 5.21. The molecule has 1 aromatic heterocycles. The van der Waals surface area contributed by atoms with Gasteiger partial charge >= 0.3 is 12.1 Å². The molecular formula is C22H29N5O4. The zero-order valence-electron chi connectivity index (χ0n) is 17.9. The molecule has 0 spiro atoms. The molecule has 2 aromatic rings. The topological polar surface area (TPSA) is 128 Å². The summed E-state index contributed by atoms with van der Waals surface area (Å²) in [6.07, 6.45) is 4.73. The van der Waals surface area contributed by atoms with E-state index in [0.29, 0.717) is 12.3 Å². The number of nitrogens with one attached hydrogen (secondary N) is 2. The van der Waals surface area contributed by atoms with Crippen molar-refractivity contribution in [2.75, 3.05) is 24.4 Å². The van der Waals surface area contributed by atoms with Crippen LogP contribution in [0.1, 0.15) is 50.8 Å². The summed E-state index contributed by atoms with van der Waals surface area (Å²) in [6.45, 7) is 2.14. The van der Waals surface area contributed by atoms with E-state index in [4.69, 9.17) is 15.2 Å². The number of carbonyl (C=O) groups excluding carboxylic acids is 2. The molecule has 166 valence electrons. The number of nitrogens with two attached hydrogens (primary N) is 1. The van der Waals surface area contributed by atoms with Crippen molar-refractivity contribution in [1.82, 2.24) is 10.2 Å². The van der Waals surface area contributed by atoms with Crippen LogP contribution in [0.15, 0.2) is 30.5 Å². The molecule has 0 saturated heterocycles. The quantitative estimate of drug-likeness (QED) is 0.631. The zero-order chi connectivity index (χ0) is 22.2. The number of hydrogen-bond donors (Lipinski definition) is 3. The summed E-state index contributed by atoms with van der Waals surface area (Å²) in [5.74, 6) is -0.248. The first-order valence-corrected chi connectivity index (χ1v) is 10.5. The highest BCUT2D eigenvalue weighted by molar-refractivity contribution is 5.88. The van der Waals surface area contributed by atoms with Gasteiger partial charge in [-0.3, -0.25) is 10.1 Å². The second-order valence-electron chi connectivity index (χ2n) is 7.49. The van der Waals surface area contributed by atoms with Crippen molar-refractivity contribution in [2.24, 2.45) is 5.73 Å². The SMILES string of the molecule is CCOC(=O)C[C@@H]1CCCCC(N)c2cc(cnn2)-c2ccc(NC(=O)OC)cc2N1. The summed E-state index contributed by atoms with van der Waals surface area (Å²) in [6, 6.07) is 7.09. The standard InChI is InChI=1S/C22H29N5O4/c1-3-31-21(28)12-15-6-4-5-7-18(23)20-10-14(13-24-27-20)17-9-8-16(11-19(17)25-15)26-22(29)30-2/h8-11,13,15,18,25H,3-7,12,23H2,1-2H3,(H,26,29)/t15-,18?/m0/s1. The first-order valence-electron chi connectivity index (χ1n) is 10.5. The number of hydrogen-bond acceptors (Lipinski definition) is 8. The van der Waals surface area contributed by atoms with E-state index in [1.807, 2.05) is 18.2 Å². The summed E-state index contributed by atoms with van der Waals surface area (Å²) in [4.78, 5) is 23.8. The van der Waals surface area contributed by atoms with Gasteiger partial charge in [0.1, 0.15) is 0 Å². The molecular weight excluding hydrogens is 398 g/mol. The molecule has 1 amide bonds. The van der Waals surface area contributed by atoms with E-state index in [1.54, 1.807) is 19.2 Å². The van der Waals surface area contributed by atoms with E-state index in [0.717, 1.165) is 48.2 Å². The van der Waals surface area contributed by atoms with Crippen LogP contribution in [0.2, 0.25) is 0 Å². The van der Waals surface area contributed by atoms with Gasteiger partial charge in [0.15, 0.2) is 0 Å². The number of rotatable bonds is 4. The first kappa shape index (κ1) is 22.5. The van der Waals surface area contributed by atoms with Crippen molar-refractivity contribution in [1.29, 1.82) is 0 Å². The molecule has 9 nitrogen and oxygen atoms in total. The summed E-state index contributed by atoms with van der Waals surface area (Å²) in [5.41, 5.74) is 10.1. The maximum atomic E-state index is 12.2. The molecule has 31 heavy (non-hydrogen) atoms. The summed E-state index contributed by atoms with van der Waals surface area (Å²) < 4.78 is 9.85. The third kappa shape index (κ3) is 6.14. The Labute approximate surface area is 181 Å². The van der Waals surface area contributed by atoms with E-state index in [2.05, 4.69) is 20.8 Å². The van der Waals surface area contributed by atoms with E-state index in [9.17, 15) is 9.59 Å². The fourth-order valence-electron chi connectivity index (χ4n) is 3.64. The molecule has 1 unspecified atom stereocenters. The lowest BCUT2D eigenvalue weighted by atomic mass is 9.97. The average Bonchev–Trinajstić information content (AvgIpc) is 2.76. The number of aromatic nitrogens is 2. The van der Waals surface area contributed by atoms with Gasteiger partial charge in [-0.2, -0.15) is 10.2 Å². The monoisotopic (exact) mass is 427 g/mol. The Morgan fingerprint density at radius 2 is 2.06 bits per heavy atom. The Balaban J connectivity index is 2.01. The maximum Gasteiger partial charge on any atom is 0.411 e. The van der Waals surface area contributed by atoms with Crippen LogP contribution in [0.25, 0.3) is 11.1 Å². The number of esters is 1. The van der Waals surface area contributed by atoms with Crippen molar-refractivity contribution in [3.63, 3.8) is 0 Å². The van der Waals surface area contributed by atoms with E-state index in [1.165, 1.54) is 7.11 Å². The average molecular weight is 428 g/mol. The molecule has 0 aliphatic carbocycles. The fourth-order valence-corrected chi connectivity index (χ4v) is 3.64. The maximum absolute atomic E-state index is 12.2. The van der Waals surface area contributed by atoms with Crippen LogP contribution in [-0.2, 0) is 14.3 Å². The van der Waals surface area contributed by atoms with Crippen molar-refractivity contribution >= 4 is 23.4 Å². The molecule has 1 aliphatic rings. The highest BCUT2D eigenvalue weighted by atomic mass is 16.5. The van der Waals surface area contributed by atoms with Crippen LogP contribution < -0.4 is 16.4 Å². The van der Waals surface area contributed by atoms with E-state index < -0.39 is 6.09 Å². The summed E-state index contributed by atoms with van der Waals surface area (Å²) in [7, 11) is 1.31. The third-order valence-corrected chi connectivity index (χ3v) is 5.21. The van der Waals surface area contributed by atoms with Crippen molar-refractivity contribution < 1.29 is 19.1 Å². The van der Waals surface area contributed by atoms with Crippen LogP contribution in [0.3, 0.4) is 0 Å². The number of ether oxygens (including phenoxy) is 2. The normalized spacial score (nSPS) is 18.4. The molecule has 1 aromatic carbocycles. The minimum Gasteiger partial charge on any atom is -0.466 e. The molecule has 0 saturated carbocycles. The molecule has 2 heterocycles. The van der Waals surface area contributed by atoms with Gasteiger partial charge in [-0.15, -0.1) is 0 Å². The predicted octanol–water partition coefficient (Wildman–Crippen LogP) is 3.63. The lowest BCUT2D eigenvalue weighted by Gasteiger charge is -2.23. The minimum atomic E-state index is -0.560. The summed E-state index contributed by atoms with van der Waals surface area (Å²) in [5, 5.41) is 14.5. The van der Waals surface area contributed by atoms with Crippen molar-refractivity contribution in [3.8, 4) is 11.1 Å². The van der Waals surface area contributed by atoms with Crippen LogP contribution in [0.4, 0.5) is 16.2 Å².